The number of nitrogens with zero attached hydrogens (tertiary/aromatic N) is 1. The monoisotopic (exact) mass is 613 g/mol. The lowest BCUT2D eigenvalue weighted by Crippen LogP contribution is -2.49. The Morgan fingerprint density at radius 1 is 0.711 bits per heavy atom. The Hall–Kier alpha value is -5.32. The van der Waals surface area contributed by atoms with Crippen LogP contribution in [0.25, 0.3) is 0 Å². The number of rotatable bonds is 10. The minimum Gasteiger partial charge on any atom is -0.454 e. The van der Waals surface area contributed by atoms with Gasteiger partial charge in [-0.05, 0) is 86.2 Å². The van der Waals surface area contributed by atoms with Gasteiger partial charge >= 0.3 is 11.9 Å². The van der Waals surface area contributed by atoms with Crippen LogP contribution in [-0.4, -0.2) is 59.7 Å². The molecule has 0 aromatic heterocycles. The van der Waals surface area contributed by atoms with Crippen LogP contribution in [0, 0.1) is 33.6 Å². The number of imide groups is 1. The molecule has 234 valence electrons. The summed E-state index contributed by atoms with van der Waals surface area (Å²) in [7, 11) is 0. The quantitative estimate of drug-likeness (QED) is 0.251. The standard InChI is InChI=1S/C34H35N3O8/c1-18(2)30(34(43)45-17-29(39)36-27-12-8-10-20(4)22(27)6)37-31(40)24-14-13-23(15-25(24)32(37)41)33(42)44-16-28(38)35-26-11-7-9-19(3)21(26)5/h7-15,18,30H,16-17H2,1-6H3,(H,35,38)(H,36,39). The van der Waals surface area contributed by atoms with Crippen LogP contribution in [0.1, 0.15) is 67.2 Å². The van der Waals surface area contributed by atoms with Crippen molar-refractivity contribution < 1.29 is 38.2 Å². The maximum absolute atomic E-state index is 13.4. The van der Waals surface area contributed by atoms with E-state index in [4.69, 9.17) is 9.47 Å². The van der Waals surface area contributed by atoms with Crippen LogP contribution in [-0.2, 0) is 23.9 Å². The molecular weight excluding hydrogens is 578 g/mol. The molecule has 0 aliphatic carbocycles. The van der Waals surface area contributed by atoms with Crippen molar-refractivity contribution in [2.24, 2.45) is 5.92 Å². The number of esters is 2. The number of ether oxygens (including phenoxy) is 2. The molecule has 0 saturated carbocycles. The molecule has 1 unspecified atom stereocenters. The van der Waals surface area contributed by atoms with Crippen LogP contribution in [0.2, 0.25) is 0 Å². The first-order valence-corrected chi connectivity index (χ1v) is 14.4. The topological polar surface area (TPSA) is 148 Å². The molecule has 1 aliphatic heterocycles. The Kier molecular flexibility index (Phi) is 9.81. The number of hydrogen-bond acceptors (Lipinski definition) is 8. The number of carbonyl (C=O) groups excluding carboxylic acids is 6. The van der Waals surface area contributed by atoms with Crippen LogP contribution in [0.4, 0.5) is 11.4 Å². The Morgan fingerprint density at radius 2 is 1.22 bits per heavy atom. The summed E-state index contributed by atoms with van der Waals surface area (Å²) in [5.74, 6) is -5.01. The van der Waals surface area contributed by atoms with Crippen molar-refractivity contribution in [1.29, 1.82) is 0 Å². The molecule has 45 heavy (non-hydrogen) atoms. The predicted molar refractivity (Wildman–Crippen MR) is 166 cm³/mol. The highest BCUT2D eigenvalue weighted by molar-refractivity contribution is 6.23. The number of amides is 4. The number of fused-ring (bicyclic) bond motifs is 1. The minimum absolute atomic E-state index is 0.00432. The summed E-state index contributed by atoms with van der Waals surface area (Å²) in [5, 5.41) is 5.39. The fourth-order valence-electron chi connectivity index (χ4n) is 4.90. The lowest BCUT2D eigenvalue weighted by Gasteiger charge is -2.27. The summed E-state index contributed by atoms with van der Waals surface area (Å²) < 4.78 is 10.4. The van der Waals surface area contributed by atoms with Crippen molar-refractivity contribution in [3.8, 4) is 0 Å². The summed E-state index contributed by atoms with van der Waals surface area (Å²) in [4.78, 5) is 78.2. The molecule has 0 spiro atoms. The average Bonchev–Trinajstić information content (AvgIpc) is 3.24. The molecule has 1 heterocycles. The van der Waals surface area contributed by atoms with E-state index >= 15 is 0 Å². The van der Waals surface area contributed by atoms with E-state index in [1.54, 1.807) is 38.1 Å². The van der Waals surface area contributed by atoms with Gasteiger partial charge in [0, 0.05) is 11.4 Å². The highest BCUT2D eigenvalue weighted by atomic mass is 16.5. The van der Waals surface area contributed by atoms with Crippen LogP contribution < -0.4 is 10.6 Å². The van der Waals surface area contributed by atoms with Gasteiger partial charge in [-0.2, -0.15) is 0 Å². The molecule has 2 N–H and O–H groups in total. The molecule has 4 rings (SSSR count). The largest absolute Gasteiger partial charge is 0.454 e. The molecule has 3 aromatic rings. The maximum Gasteiger partial charge on any atom is 0.338 e. The molecule has 0 fully saturated rings. The van der Waals surface area contributed by atoms with E-state index in [0.29, 0.717) is 11.4 Å². The normalized spacial score (nSPS) is 12.9. The number of aryl methyl sites for hydroxylation is 2. The molecular formula is C34H35N3O8. The lowest BCUT2D eigenvalue weighted by molar-refractivity contribution is -0.152. The van der Waals surface area contributed by atoms with Gasteiger partial charge in [-0.1, -0.05) is 38.1 Å². The van der Waals surface area contributed by atoms with E-state index in [1.165, 1.54) is 18.2 Å². The SMILES string of the molecule is Cc1cccc(NC(=O)COC(=O)c2ccc3c(c2)C(=O)N(C(C(=O)OCC(=O)Nc2cccc(C)c2C)C(C)C)C3=O)c1C. The molecule has 1 atom stereocenters. The molecule has 4 amide bonds. The number of hydrogen-bond donors (Lipinski definition) is 2. The van der Waals surface area contributed by atoms with Gasteiger partial charge in [0.1, 0.15) is 6.04 Å². The summed E-state index contributed by atoms with van der Waals surface area (Å²) in [6.07, 6.45) is 0. The average molecular weight is 614 g/mol. The minimum atomic E-state index is -1.32. The Bertz CT molecular complexity index is 1710. The van der Waals surface area contributed by atoms with Crippen molar-refractivity contribution in [3.63, 3.8) is 0 Å². The fraction of sp³-hybridized carbons (Fsp3) is 0.294. The highest BCUT2D eigenvalue weighted by Gasteiger charge is 2.45. The van der Waals surface area contributed by atoms with Gasteiger partial charge in [-0.3, -0.25) is 24.1 Å². The Labute approximate surface area is 260 Å². The van der Waals surface area contributed by atoms with Crippen LogP contribution in [0.3, 0.4) is 0 Å². The summed E-state index contributed by atoms with van der Waals surface area (Å²) in [6.45, 7) is 9.60. The maximum atomic E-state index is 13.4. The first-order chi connectivity index (χ1) is 21.3. The third-order valence-electron chi connectivity index (χ3n) is 7.74. The molecule has 3 aromatic carbocycles. The van der Waals surface area contributed by atoms with Gasteiger partial charge in [-0.25, -0.2) is 9.59 Å². The van der Waals surface area contributed by atoms with Crippen LogP contribution >= 0.6 is 0 Å². The van der Waals surface area contributed by atoms with E-state index in [2.05, 4.69) is 10.6 Å². The van der Waals surface area contributed by atoms with Gasteiger partial charge < -0.3 is 20.1 Å². The first kappa shape index (κ1) is 32.6. The zero-order valence-corrected chi connectivity index (χ0v) is 26.0. The third kappa shape index (κ3) is 7.09. The molecule has 0 bridgehead atoms. The van der Waals surface area contributed by atoms with E-state index in [9.17, 15) is 28.8 Å². The lowest BCUT2D eigenvalue weighted by atomic mass is 10.0. The smallest absolute Gasteiger partial charge is 0.338 e. The van der Waals surface area contributed by atoms with Crippen molar-refractivity contribution >= 4 is 46.9 Å². The third-order valence-corrected chi connectivity index (χ3v) is 7.74. The molecule has 0 radical (unpaired) electrons. The van der Waals surface area contributed by atoms with Crippen molar-refractivity contribution in [1.82, 2.24) is 4.90 Å². The Morgan fingerprint density at radius 3 is 1.76 bits per heavy atom. The number of benzene rings is 3. The number of nitrogens with one attached hydrogen (secondary N) is 2. The Balaban J connectivity index is 1.40. The molecule has 11 heteroatoms. The molecule has 1 aliphatic rings. The zero-order chi connectivity index (χ0) is 33.0. The number of carbonyl (C=O) groups is 6. The highest BCUT2D eigenvalue weighted by Crippen LogP contribution is 2.29. The van der Waals surface area contributed by atoms with Crippen molar-refractivity contribution in [2.45, 2.75) is 47.6 Å². The zero-order valence-electron chi connectivity index (χ0n) is 26.0. The summed E-state index contributed by atoms with van der Waals surface area (Å²) in [5.41, 5.74) is 4.73. The van der Waals surface area contributed by atoms with Gasteiger partial charge in [0.15, 0.2) is 13.2 Å². The second-order valence-corrected chi connectivity index (χ2v) is 11.2. The van der Waals surface area contributed by atoms with Crippen molar-refractivity contribution in [3.05, 3.63) is 93.5 Å². The predicted octanol–water partition coefficient (Wildman–Crippen LogP) is 4.52. The molecule has 11 nitrogen and oxygen atoms in total. The van der Waals surface area contributed by atoms with E-state index < -0.39 is 60.7 Å². The van der Waals surface area contributed by atoms with Crippen LogP contribution in [0.15, 0.2) is 54.6 Å². The fourth-order valence-corrected chi connectivity index (χ4v) is 4.90. The second kappa shape index (κ2) is 13.5. The van der Waals surface area contributed by atoms with Crippen LogP contribution in [0.5, 0.6) is 0 Å². The molecule has 0 saturated heterocycles. The summed E-state index contributed by atoms with van der Waals surface area (Å²) in [6, 6.07) is 13.3. The van der Waals surface area contributed by atoms with Crippen molar-refractivity contribution in [2.75, 3.05) is 23.8 Å². The van der Waals surface area contributed by atoms with Gasteiger partial charge in [0.25, 0.3) is 23.6 Å². The summed E-state index contributed by atoms with van der Waals surface area (Å²) >= 11 is 0. The second-order valence-electron chi connectivity index (χ2n) is 11.2. The van der Waals surface area contributed by atoms with Gasteiger partial charge in [0.2, 0.25) is 0 Å². The first-order valence-electron chi connectivity index (χ1n) is 14.4. The van der Waals surface area contributed by atoms with Gasteiger partial charge in [-0.15, -0.1) is 0 Å². The van der Waals surface area contributed by atoms with E-state index in [-0.39, 0.29) is 16.7 Å². The number of anilines is 2. The van der Waals surface area contributed by atoms with E-state index in [0.717, 1.165) is 27.2 Å². The van der Waals surface area contributed by atoms with E-state index in [1.807, 2.05) is 39.8 Å². The van der Waals surface area contributed by atoms with Gasteiger partial charge in [0.05, 0.1) is 16.7 Å².